The van der Waals surface area contributed by atoms with Crippen LogP contribution in [0.4, 0.5) is 20.3 Å². The van der Waals surface area contributed by atoms with Crippen molar-refractivity contribution in [3.63, 3.8) is 0 Å². The number of carbonyl (C=O) groups excluding carboxylic acids is 1. The van der Waals surface area contributed by atoms with E-state index in [0.717, 1.165) is 0 Å². The number of nitrogens with two attached hydrogens (primary N) is 1. The molecule has 30 heavy (non-hydrogen) atoms. The largest absolute Gasteiger partial charge is 0.340 e. The maximum Gasteiger partial charge on any atom is 0.236 e. The van der Waals surface area contributed by atoms with Crippen LogP contribution < -0.4 is 11.1 Å². The Kier molecular flexibility index (Phi) is 5.44. The number of amides is 1. The van der Waals surface area contributed by atoms with Crippen molar-refractivity contribution < 1.29 is 13.6 Å². The van der Waals surface area contributed by atoms with Crippen molar-refractivity contribution in [2.75, 3.05) is 18.4 Å². The van der Waals surface area contributed by atoms with E-state index in [2.05, 4.69) is 5.32 Å². The Labute approximate surface area is 177 Å². The fraction of sp³-hybridized carbons (Fsp3) is 0.238. The number of halogens is 3. The van der Waals surface area contributed by atoms with Crippen LogP contribution in [0.25, 0.3) is 11.3 Å². The molecule has 2 heterocycles. The zero-order valence-corrected chi connectivity index (χ0v) is 17.0. The Morgan fingerprint density at radius 2 is 1.97 bits per heavy atom. The third kappa shape index (κ3) is 3.64. The highest BCUT2D eigenvalue weighted by molar-refractivity contribution is 6.30. The second-order valence-electron chi connectivity index (χ2n) is 7.05. The Hall–Kier alpha value is -2.97. The molecule has 156 valence electrons. The summed E-state index contributed by atoms with van der Waals surface area (Å²) in [6.45, 7) is 2.75. The number of fused-ring (bicyclic) bond motifs is 1. The highest BCUT2D eigenvalue weighted by atomic mass is 35.5. The molecule has 0 fully saturated rings. The highest BCUT2D eigenvalue weighted by Gasteiger charge is 2.32. The standard InChI is InChI=1S/C21H20ClF2N5O/c1-12-20-27-19(13-2-4-14(23)5-3-13)21(26-15-6-7-16(22)17(24)10-15)29(20)9-8-28(12)18(30)11-25/h2-7,10,12,26H,8-9,11,25H2,1H3. The molecular formula is C21H20ClF2N5O. The number of aromatic nitrogens is 2. The molecule has 1 aliphatic rings. The first kappa shape index (κ1) is 20.3. The van der Waals surface area contributed by atoms with Gasteiger partial charge in [-0.3, -0.25) is 4.79 Å². The van der Waals surface area contributed by atoms with Gasteiger partial charge in [-0.25, -0.2) is 13.8 Å². The molecule has 2 aromatic carbocycles. The van der Waals surface area contributed by atoms with E-state index >= 15 is 0 Å². The molecule has 1 atom stereocenters. The van der Waals surface area contributed by atoms with Gasteiger partial charge in [0.05, 0.1) is 17.6 Å². The molecule has 0 radical (unpaired) electrons. The van der Waals surface area contributed by atoms with Crippen molar-refractivity contribution in [1.82, 2.24) is 14.5 Å². The fourth-order valence-corrected chi connectivity index (χ4v) is 3.78. The average molecular weight is 432 g/mol. The molecular weight excluding hydrogens is 412 g/mol. The minimum atomic E-state index is -0.545. The van der Waals surface area contributed by atoms with Gasteiger partial charge in [-0.05, 0) is 49.4 Å². The quantitative estimate of drug-likeness (QED) is 0.652. The Morgan fingerprint density at radius 3 is 2.63 bits per heavy atom. The first-order valence-electron chi connectivity index (χ1n) is 9.47. The van der Waals surface area contributed by atoms with Crippen molar-refractivity contribution in [3.05, 3.63) is 64.9 Å². The maximum absolute atomic E-state index is 14.0. The van der Waals surface area contributed by atoms with E-state index in [0.29, 0.717) is 41.7 Å². The topological polar surface area (TPSA) is 76.2 Å². The van der Waals surface area contributed by atoms with Gasteiger partial charge >= 0.3 is 0 Å². The van der Waals surface area contributed by atoms with E-state index in [9.17, 15) is 13.6 Å². The summed E-state index contributed by atoms with van der Waals surface area (Å²) < 4.78 is 29.4. The predicted molar refractivity (Wildman–Crippen MR) is 111 cm³/mol. The van der Waals surface area contributed by atoms with Gasteiger partial charge in [-0.2, -0.15) is 0 Å². The zero-order valence-electron chi connectivity index (χ0n) is 16.2. The smallest absolute Gasteiger partial charge is 0.236 e. The Balaban J connectivity index is 1.81. The lowest BCUT2D eigenvalue weighted by Crippen LogP contribution is -2.44. The van der Waals surface area contributed by atoms with Crippen LogP contribution >= 0.6 is 11.6 Å². The predicted octanol–water partition coefficient (Wildman–Crippen LogP) is 4.09. The van der Waals surface area contributed by atoms with Crippen molar-refractivity contribution in [3.8, 4) is 11.3 Å². The SMILES string of the molecule is CC1c2nc(-c3ccc(F)cc3)c(Nc3ccc(Cl)c(F)c3)n2CCN1C(=O)CN. The number of carbonyl (C=O) groups is 1. The van der Waals surface area contributed by atoms with E-state index in [4.69, 9.17) is 22.3 Å². The average Bonchev–Trinajstić information content (AvgIpc) is 3.10. The van der Waals surface area contributed by atoms with Crippen LogP contribution in [0.1, 0.15) is 18.8 Å². The van der Waals surface area contributed by atoms with E-state index in [-0.39, 0.29) is 29.3 Å². The summed E-state index contributed by atoms with van der Waals surface area (Å²) in [6, 6.07) is 10.1. The summed E-state index contributed by atoms with van der Waals surface area (Å²) >= 11 is 5.79. The van der Waals surface area contributed by atoms with Crippen LogP contribution in [0, 0.1) is 11.6 Å². The Bertz CT molecular complexity index is 1100. The monoisotopic (exact) mass is 431 g/mol. The van der Waals surface area contributed by atoms with Crippen molar-refractivity contribution in [1.29, 1.82) is 0 Å². The molecule has 0 saturated heterocycles. The minimum absolute atomic E-state index is 0.0270. The molecule has 4 rings (SSSR count). The summed E-state index contributed by atoms with van der Waals surface area (Å²) in [5.74, 6) is 0.236. The van der Waals surface area contributed by atoms with Crippen LogP contribution in [-0.4, -0.2) is 33.4 Å². The van der Waals surface area contributed by atoms with Gasteiger partial charge in [-0.15, -0.1) is 0 Å². The van der Waals surface area contributed by atoms with Crippen LogP contribution in [0.5, 0.6) is 0 Å². The molecule has 1 amide bonds. The minimum Gasteiger partial charge on any atom is -0.340 e. The number of hydrogen-bond donors (Lipinski definition) is 2. The highest BCUT2D eigenvalue weighted by Crippen LogP contribution is 2.37. The van der Waals surface area contributed by atoms with E-state index in [1.54, 1.807) is 23.1 Å². The molecule has 0 spiro atoms. The van der Waals surface area contributed by atoms with Crippen LogP contribution in [-0.2, 0) is 11.3 Å². The molecule has 1 aromatic heterocycles. The maximum atomic E-state index is 14.0. The number of rotatable bonds is 4. The number of imidazole rings is 1. The third-order valence-corrected chi connectivity index (χ3v) is 5.50. The molecule has 0 bridgehead atoms. The van der Waals surface area contributed by atoms with Gasteiger partial charge in [-0.1, -0.05) is 11.6 Å². The van der Waals surface area contributed by atoms with Gasteiger partial charge < -0.3 is 20.5 Å². The van der Waals surface area contributed by atoms with Gasteiger partial charge in [0.15, 0.2) is 0 Å². The van der Waals surface area contributed by atoms with Crippen LogP contribution in [0.2, 0.25) is 5.02 Å². The number of benzene rings is 2. The fourth-order valence-electron chi connectivity index (χ4n) is 3.66. The second-order valence-corrected chi connectivity index (χ2v) is 7.45. The van der Waals surface area contributed by atoms with Gasteiger partial charge in [0.1, 0.15) is 29.0 Å². The molecule has 1 aliphatic heterocycles. The van der Waals surface area contributed by atoms with Crippen LogP contribution in [0.15, 0.2) is 42.5 Å². The lowest BCUT2D eigenvalue weighted by atomic mass is 10.1. The Morgan fingerprint density at radius 1 is 1.23 bits per heavy atom. The summed E-state index contributed by atoms with van der Waals surface area (Å²) in [4.78, 5) is 18.6. The van der Waals surface area contributed by atoms with Crippen molar-refractivity contribution >= 4 is 29.0 Å². The second kappa shape index (κ2) is 8.04. The van der Waals surface area contributed by atoms with Gasteiger partial charge in [0.2, 0.25) is 5.91 Å². The van der Waals surface area contributed by atoms with Crippen molar-refractivity contribution in [2.24, 2.45) is 5.73 Å². The van der Waals surface area contributed by atoms with E-state index < -0.39 is 5.82 Å². The summed E-state index contributed by atoms with van der Waals surface area (Å²) in [5, 5.41) is 3.25. The van der Waals surface area contributed by atoms with E-state index in [1.807, 2.05) is 11.5 Å². The number of anilines is 2. The summed E-state index contributed by atoms with van der Waals surface area (Å²) in [6.07, 6.45) is 0. The first-order valence-corrected chi connectivity index (χ1v) is 9.84. The number of nitrogens with one attached hydrogen (secondary N) is 1. The first-order chi connectivity index (χ1) is 14.4. The van der Waals surface area contributed by atoms with Crippen LogP contribution in [0.3, 0.4) is 0 Å². The lowest BCUT2D eigenvalue weighted by molar-refractivity contribution is -0.132. The summed E-state index contributed by atoms with van der Waals surface area (Å²) in [5.41, 5.74) is 7.31. The number of hydrogen-bond acceptors (Lipinski definition) is 4. The molecule has 6 nitrogen and oxygen atoms in total. The van der Waals surface area contributed by atoms with Gasteiger partial charge in [0, 0.05) is 24.3 Å². The molecule has 0 saturated carbocycles. The lowest BCUT2D eigenvalue weighted by Gasteiger charge is -2.34. The molecule has 0 aliphatic carbocycles. The zero-order chi connectivity index (χ0) is 21.4. The molecule has 9 heteroatoms. The normalized spacial score (nSPS) is 15.8. The van der Waals surface area contributed by atoms with Gasteiger partial charge in [0.25, 0.3) is 0 Å². The number of nitrogens with zero attached hydrogens (tertiary/aromatic N) is 3. The van der Waals surface area contributed by atoms with E-state index in [1.165, 1.54) is 24.3 Å². The summed E-state index contributed by atoms with van der Waals surface area (Å²) in [7, 11) is 0. The third-order valence-electron chi connectivity index (χ3n) is 5.20. The molecule has 3 aromatic rings. The molecule has 3 N–H and O–H groups in total. The van der Waals surface area contributed by atoms with Crippen molar-refractivity contribution in [2.45, 2.75) is 19.5 Å². The molecule has 1 unspecified atom stereocenters.